The lowest BCUT2D eigenvalue weighted by atomic mass is 10.2. The third-order valence-electron chi connectivity index (χ3n) is 2.18. The number of rotatable bonds is 2. The summed E-state index contributed by atoms with van der Waals surface area (Å²) in [5, 5.41) is 9.04. The summed E-state index contributed by atoms with van der Waals surface area (Å²) in [5.41, 5.74) is 3.05. The third kappa shape index (κ3) is 2.08. The Balaban J connectivity index is 1.88. The summed E-state index contributed by atoms with van der Waals surface area (Å²) in [5.74, 6) is 0.0372. The van der Waals surface area contributed by atoms with Gasteiger partial charge in [-0.3, -0.25) is 9.80 Å². The van der Waals surface area contributed by atoms with Crippen LogP contribution in [0.5, 0.6) is 0 Å². The lowest BCUT2D eigenvalue weighted by Gasteiger charge is -2.27. The molecule has 0 unspecified atom stereocenters. The van der Waals surface area contributed by atoms with Crippen molar-refractivity contribution in [1.82, 2.24) is 25.4 Å². The fourth-order valence-corrected chi connectivity index (χ4v) is 1.44. The highest BCUT2D eigenvalue weighted by atomic mass is 16.2. The van der Waals surface area contributed by atoms with Crippen LogP contribution in [-0.4, -0.2) is 39.0 Å². The summed E-state index contributed by atoms with van der Waals surface area (Å²) in [4.78, 5) is 11.6. The number of carbonyl (C=O) groups excluding carboxylic acids is 1. The number of carbonyl (C=O) groups is 1. The van der Waals surface area contributed by atoms with Crippen molar-refractivity contribution < 1.29 is 4.79 Å². The van der Waals surface area contributed by atoms with Crippen LogP contribution in [0.4, 0.5) is 0 Å². The molecule has 0 saturated carbocycles. The highest BCUT2D eigenvalue weighted by Crippen LogP contribution is 2.00. The minimum Gasteiger partial charge on any atom is -0.276 e. The molecule has 6 nitrogen and oxygen atoms in total. The van der Waals surface area contributed by atoms with E-state index >= 15 is 0 Å². The zero-order valence-electron chi connectivity index (χ0n) is 7.89. The molecule has 0 radical (unpaired) electrons. The summed E-state index contributed by atoms with van der Waals surface area (Å²) in [7, 11) is 0. The Bertz CT molecular complexity index is 291. The molecule has 1 amide bonds. The first-order valence-electron chi connectivity index (χ1n) is 4.74. The third-order valence-corrected chi connectivity index (χ3v) is 2.18. The van der Waals surface area contributed by atoms with Gasteiger partial charge >= 0.3 is 0 Å². The van der Waals surface area contributed by atoms with E-state index in [2.05, 4.69) is 15.7 Å². The standard InChI is InChI=1S/C8H13N5O/c14-8(7-12-6-4-9-11-12)13-5-2-1-3-10-13/h4,6,10H,1-3,5,7H2. The Morgan fingerprint density at radius 1 is 1.50 bits per heavy atom. The summed E-state index contributed by atoms with van der Waals surface area (Å²) in [6, 6.07) is 0. The molecule has 14 heavy (non-hydrogen) atoms. The van der Waals surface area contributed by atoms with E-state index in [4.69, 9.17) is 0 Å². The largest absolute Gasteiger partial charge is 0.276 e. The van der Waals surface area contributed by atoms with Crippen molar-refractivity contribution in [3.8, 4) is 0 Å². The fraction of sp³-hybridized carbons (Fsp3) is 0.625. The summed E-state index contributed by atoms with van der Waals surface area (Å²) in [6.07, 6.45) is 5.45. The number of amides is 1. The molecule has 1 fully saturated rings. The summed E-state index contributed by atoms with van der Waals surface area (Å²) < 4.78 is 1.53. The van der Waals surface area contributed by atoms with Crippen LogP contribution in [0.1, 0.15) is 12.8 Å². The lowest BCUT2D eigenvalue weighted by molar-refractivity contribution is -0.136. The number of hydrogen-bond donors (Lipinski definition) is 1. The minimum absolute atomic E-state index is 0.0372. The molecule has 2 rings (SSSR count). The molecule has 76 valence electrons. The Morgan fingerprint density at radius 3 is 3.07 bits per heavy atom. The number of hydrogen-bond acceptors (Lipinski definition) is 4. The van der Waals surface area contributed by atoms with Gasteiger partial charge in [-0.2, -0.15) is 0 Å². The Morgan fingerprint density at radius 2 is 2.43 bits per heavy atom. The smallest absolute Gasteiger partial charge is 0.258 e. The molecule has 1 aliphatic heterocycles. The Hall–Kier alpha value is -1.43. The predicted molar refractivity (Wildman–Crippen MR) is 49.0 cm³/mol. The molecule has 0 spiro atoms. The van der Waals surface area contributed by atoms with E-state index in [1.807, 2.05) is 0 Å². The zero-order chi connectivity index (χ0) is 9.80. The van der Waals surface area contributed by atoms with E-state index < -0.39 is 0 Å². The van der Waals surface area contributed by atoms with Crippen molar-refractivity contribution in [2.45, 2.75) is 19.4 Å². The minimum atomic E-state index is 0.0372. The maximum absolute atomic E-state index is 11.6. The Kier molecular flexibility index (Phi) is 2.73. The first-order valence-corrected chi connectivity index (χ1v) is 4.74. The molecular formula is C8H13N5O. The first-order chi connectivity index (χ1) is 6.86. The molecule has 1 aromatic rings. The first kappa shape index (κ1) is 9.14. The number of nitrogens with zero attached hydrogens (tertiary/aromatic N) is 4. The van der Waals surface area contributed by atoms with Gasteiger partial charge < -0.3 is 0 Å². The fourth-order valence-electron chi connectivity index (χ4n) is 1.44. The molecule has 1 aliphatic rings. The van der Waals surface area contributed by atoms with Gasteiger partial charge in [0.05, 0.1) is 6.20 Å². The highest BCUT2D eigenvalue weighted by molar-refractivity contribution is 5.75. The van der Waals surface area contributed by atoms with Crippen molar-refractivity contribution in [2.24, 2.45) is 0 Å². The second-order valence-electron chi connectivity index (χ2n) is 3.26. The number of hydrazine groups is 1. The second-order valence-corrected chi connectivity index (χ2v) is 3.26. The van der Waals surface area contributed by atoms with Gasteiger partial charge in [0.1, 0.15) is 6.54 Å². The van der Waals surface area contributed by atoms with Crippen LogP contribution in [0.3, 0.4) is 0 Å². The predicted octanol–water partition coefficient (Wildman–Crippen LogP) is -0.595. The van der Waals surface area contributed by atoms with Crippen LogP contribution in [0.2, 0.25) is 0 Å². The van der Waals surface area contributed by atoms with Crippen LogP contribution < -0.4 is 5.43 Å². The van der Waals surface area contributed by atoms with Crippen LogP contribution in [-0.2, 0) is 11.3 Å². The van der Waals surface area contributed by atoms with E-state index in [-0.39, 0.29) is 12.5 Å². The van der Waals surface area contributed by atoms with Gasteiger partial charge in [0.15, 0.2) is 0 Å². The molecule has 1 N–H and O–H groups in total. The Labute approximate surface area is 81.9 Å². The van der Waals surface area contributed by atoms with E-state index in [1.165, 1.54) is 4.68 Å². The second kappa shape index (κ2) is 4.19. The molecule has 0 atom stereocenters. The van der Waals surface area contributed by atoms with Gasteiger partial charge in [0.25, 0.3) is 5.91 Å². The number of aromatic nitrogens is 3. The molecule has 6 heteroatoms. The molecule has 0 aromatic carbocycles. The quantitative estimate of drug-likeness (QED) is 0.684. The van der Waals surface area contributed by atoms with Gasteiger partial charge in [-0.25, -0.2) is 10.1 Å². The average molecular weight is 195 g/mol. The van der Waals surface area contributed by atoms with Crippen molar-refractivity contribution in [3.05, 3.63) is 12.4 Å². The topological polar surface area (TPSA) is 63.1 Å². The molecule has 2 heterocycles. The van der Waals surface area contributed by atoms with Gasteiger partial charge in [-0.05, 0) is 12.8 Å². The van der Waals surface area contributed by atoms with Crippen LogP contribution in [0, 0.1) is 0 Å². The maximum atomic E-state index is 11.6. The van der Waals surface area contributed by atoms with Crippen molar-refractivity contribution >= 4 is 5.91 Å². The monoisotopic (exact) mass is 195 g/mol. The summed E-state index contributed by atoms with van der Waals surface area (Å²) >= 11 is 0. The summed E-state index contributed by atoms with van der Waals surface area (Å²) in [6.45, 7) is 1.92. The van der Waals surface area contributed by atoms with E-state index in [0.29, 0.717) is 0 Å². The van der Waals surface area contributed by atoms with E-state index in [1.54, 1.807) is 17.4 Å². The molecule has 0 bridgehead atoms. The van der Waals surface area contributed by atoms with Crippen LogP contribution >= 0.6 is 0 Å². The normalized spacial score (nSPS) is 17.0. The van der Waals surface area contributed by atoms with Crippen molar-refractivity contribution in [1.29, 1.82) is 0 Å². The van der Waals surface area contributed by atoms with Crippen LogP contribution in [0.15, 0.2) is 12.4 Å². The molecule has 0 aliphatic carbocycles. The molecule has 1 saturated heterocycles. The highest BCUT2D eigenvalue weighted by Gasteiger charge is 2.16. The van der Waals surface area contributed by atoms with Gasteiger partial charge in [-0.1, -0.05) is 5.21 Å². The zero-order valence-corrected chi connectivity index (χ0v) is 7.89. The van der Waals surface area contributed by atoms with E-state index in [0.717, 1.165) is 25.9 Å². The van der Waals surface area contributed by atoms with Gasteiger partial charge in [0, 0.05) is 19.3 Å². The van der Waals surface area contributed by atoms with Crippen molar-refractivity contribution in [3.63, 3.8) is 0 Å². The number of nitrogens with one attached hydrogen (secondary N) is 1. The van der Waals surface area contributed by atoms with Crippen LogP contribution in [0.25, 0.3) is 0 Å². The van der Waals surface area contributed by atoms with Gasteiger partial charge in [0.2, 0.25) is 0 Å². The SMILES string of the molecule is O=C(Cn1ccnn1)N1CCCCN1. The van der Waals surface area contributed by atoms with Crippen molar-refractivity contribution in [2.75, 3.05) is 13.1 Å². The molecular weight excluding hydrogens is 182 g/mol. The van der Waals surface area contributed by atoms with Gasteiger partial charge in [-0.15, -0.1) is 5.10 Å². The maximum Gasteiger partial charge on any atom is 0.258 e. The molecule has 1 aromatic heterocycles. The lowest BCUT2D eigenvalue weighted by Crippen LogP contribution is -2.48. The van der Waals surface area contributed by atoms with E-state index in [9.17, 15) is 4.79 Å². The average Bonchev–Trinajstić information content (AvgIpc) is 2.72.